The van der Waals surface area contributed by atoms with Crippen molar-refractivity contribution < 1.29 is 11.4 Å². The Kier molecular flexibility index (Phi) is 3.06. The van der Waals surface area contributed by atoms with Gasteiger partial charge in [-0.25, -0.2) is 0 Å². The molecular formula is C6H7GeNO3. The maximum absolute atomic E-state index is 10.7. The normalized spacial score (nSPS) is 8.82. The number of rotatable bonds is 3. The van der Waals surface area contributed by atoms with Crippen molar-refractivity contribution in [3.8, 4) is 5.75 Å². The van der Waals surface area contributed by atoms with E-state index in [2.05, 4.69) is 9.76 Å². The van der Waals surface area contributed by atoms with Gasteiger partial charge in [0, 0.05) is 0 Å². The third-order valence-corrected chi connectivity index (χ3v) is 2.29. The van der Waals surface area contributed by atoms with E-state index >= 15 is 0 Å². The molecule has 0 radical (unpaired) electrons. The fraction of sp³-hybridized carbons (Fsp3) is 0. The molecule has 0 spiro atoms. The molecule has 0 atom stereocenters. The minimum atomic E-state index is -3.13. The fourth-order valence-corrected chi connectivity index (χ4v) is 1.40. The quantitative estimate of drug-likeness (QED) is 0.582. The molecule has 1 rings (SSSR count). The monoisotopic (exact) mass is 215 g/mol. The van der Waals surface area contributed by atoms with Crippen LogP contribution in [0.15, 0.2) is 30.3 Å². The molecule has 0 saturated heterocycles. The molecule has 0 saturated carbocycles. The summed E-state index contributed by atoms with van der Waals surface area (Å²) in [5, 5.41) is 0. The molecule has 4 nitrogen and oxygen atoms in total. The summed E-state index contributed by atoms with van der Waals surface area (Å²) >= 11 is -3.13. The molecule has 0 amide bonds. The van der Waals surface area contributed by atoms with E-state index in [-0.39, 0.29) is 0 Å². The molecule has 0 unspecified atom stereocenters. The first-order chi connectivity index (χ1) is 5.33. The van der Waals surface area contributed by atoms with Gasteiger partial charge >= 0.3 is 68.3 Å². The summed E-state index contributed by atoms with van der Waals surface area (Å²) < 4.78 is 19.5. The Labute approximate surface area is 68.9 Å². The molecule has 1 aromatic rings. The Bertz CT molecular complexity index is 239. The molecule has 1 aromatic carbocycles. The first kappa shape index (κ1) is 8.22. The number of hydrogen-bond acceptors (Lipinski definition) is 4. The van der Waals surface area contributed by atoms with Crippen LogP contribution in [-0.4, -0.2) is 15.0 Å². The molecule has 2 N–H and O–H groups in total. The fourth-order valence-electron chi connectivity index (χ4n) is 0.609. The van der Waals surface area contributed by atoms with Crippen LogP contribution in [0.1, 0.15) is 0 Å². The third kappa shape index (κ3) is 2.69. The van der Waals surface area contributed by atoms with Gasteiger partial charge in [-0.3, -0.25) is 0 Å². The molecule has 11 heavy (non-hydrogen) atoms. The SMILES string of the molecule is N[O][Ge](=[O])[O]c1ccccc1. The minimum absolute atomic E-state index is 0.517. The van der Waals surface area contributed by atoms with Gasteiger partial charge in [-0.2, -0.15) is 0 Å². The van der Waals surface area contributed by atoms with E-state index in [9.17, 15) is 3.78 Å². The van der Waals surface area contributed by atoms with E-state index in [4.69, 9.17) is 3.76 Å². The van der Waals surface area contributed by atoms with Crippen molar-refractivity contribution in [1.29, 1.82) is 0 Å². The molecular weight excluding hydrogens is 207 g/mol. The van der Waals surface area contributed by atoms with E-state index in [1.807, 2.05) is 6.07 Å². The van der Waals surface area contributed by atoms with Crippen molar-refractivity contribution in [3.63, 3.8) is 0 Å². The van der Waals surface area contributed by atoms with Crippen molar-refractivity contribution in [2.45, 2.75) is 0 Å². The molecule has 0 heterocycles. The van der Waals surface area contributed by atoms with Crippen LogP contribution < -0.4 is 9.66 Å². The van der Waals surface area contributed by atoms with E-state index in [0.29, 0.717) is 5.75 Å². The van der Waals surface area contributed by atoms with Crippen LogP contribution in [-0.2, 0) is 7.64 Å². The number of para-hydroxylation sites is 1. The molecule has 0 bridgehead atoms. The van der Waals surface area contributed by atoms with Crippen molar-refractivity contribution in [1.82, 2.24) is 0 Å². The second kappa shape index (κ2) is 4.10. The van der Waals surface area contributed by atoms with Crippen LogP contribution in [0.2, 0.25) is 0 Å². The predicted octanol–water partition coefficient (Wildman–Crippen LogP) is 0.371. The average molecular weight is 214 g/mol. The van der Waals surface area contributed by atoms with Gasteiger partial charge in [-0.15, -0.1) is 0 Å². The van der Waals surface area contributed by atoms with Crippen LogP contribution in [0.25, 0.3) is 0 Å². The maximum atomic E-state index is 10.7. The van der Waals surface area contributed by atoms with Crippen molar-refractivity contribution in [2.75, 3.05) is 0 Å². The molecule has 0 aliphatic heterocycles. The summed E-state index contributed by atoms with van der Waals surface area (Å²) in [5.74, 6) is 5.17. The van der Waals surface area contributed by atoms with Gasteiger partial charge in [0.05, 0.1) is 0 Å². The van der Waals surface area contributed by atoms with Crippen LogP contribution in [0.5, 0.6) is 5.75 Å². The van der Waals surface area contributed by atoms with E-state index in [0.717, 1.165) is 0 Å². The van der Waals surface area contributed by atoms with Crippen molar-refractivity contribution in [3.05, 3.63) is 30.3 Å². The molecule has 0 fully saturated rings. The summed E-state index contributed by atoms with van der Waals surface area (Å²) in [4.78, 5) is 0. The summed E-state index contributed by atoms with van der Waals surface area (Å²) in [6.45, 7) is 0. The average Bonchev–Trinajstić information content (AvgIpc) is 2.06. The Morgan fingerprint density at radius 3 is 2.45 bits per heavy atom. The zero-order chi connectivity index (χ0) is 8.10. The molecule has 0 aromatic heterocycles. The van der Waals surface area contributed by atoms with Crippen LogP contribution in [0.3, 0.4) is 0 Å². The second-order valence-corrected chi connectivity index (χ2v) is 3.75. The third-order valence-electron chi connectivity index (χ3n) is 1.04. The molecule has 0 aliphatic rings. The standard InChI is InChI=1S/C6H7GeNO3/c8-11-7(9)10-6-4-2-1-3-5-6/h1-5H,8H2. The summed E-state index contributed by atoms with van der Waals surface area (Å²) in [6, 6.07) is 8.75. The van der Waals surface area contributed by atoms with Gasteiger partial charge < -0.3 is 0 Å². The van der Waals surface area contributed by atoms with E-state index in [1.165, 1.54) is 0 Å². The van der Waals surface area contributed by atoms with Crippen LogP contribution >= 0.6 is 0 Å². The number of nitrogens with two attached hydrogens (primary N) is 1. The zero-order valence-corrected chi connectivity index (χ0v) is 7.79. The van der Waals surface area contributed by atoms with E-state index < -0.39 is 15.0 Å². The Morgan fingerprint density at radius 2 is 1.91 bits per heavy atom. The summed E-state index contributed by atoms with van der Waals surface area (Å²) in [5.41, 5.74) is 0. The van der Waals surface area contributed by atoms with Gasteiger partial charge in [0.1, 0.15) is 0 Å². The first-order valence-corrected chi connectivity index (χ1v) is 5.53. The van der Waals surface area contributed by atoms with Crippen molar-refractivity contribution >= 4 is 15.0 Å². The zero-order valence-electron chi connectivity index (χ0n) is 5.69. The van der Waals surface area contributed by atoms with Crippen molar-refractivity contribution in [2.24, 2.45) is 5.90 Å². The molecule has 5 heteroatoms. The molecule has 0 aliphatic carbocycles. The number of benzene rings is 1. The summed E-state index contributed by atoms with van der Waals surface area (Å²) in [7, 11) is 0. The van der Waals surface area contributed by atoms with Gasteiger partial charge in [-0.1, -0.05) is 0 Å². The van der Waals surface area contributed by atoms with Gasteiger partial charge in [0.2, 0.25) is 0 Å². The Morgan fingerprint density at radius 1 is 1.27 bits per heavy atom. The van der Waals surface area contributed by atoms with Crippen LogP contribution in [0.4, 0.5) is 0 Å². The summed E-state index contributed by atoms with van der Waals surface area (Å²) in [6.07, 6.45) is 0. The van der Waals surface area contributed by atoms with Crippen LogP contribution in [0, 0.1) is 0 Å². The second-order valence-electron chi connectivity index (χ2n) is 1.78. The Hall–Kier alpha value is -0.877. The first-order valence-electron chi connectivity index (χ1n) is 2.96. The van der Waals surface area contributed by atoms with Gasteiger partial charge in [0.15, 0.2) is 0 Å². The van der Waals surface area contributed by atoms with E-state index in [1.54, 1.807) is 24.3 Å². The van der Waals surface area contributed by atoms with Gasteiger partial charge in [0.25, 0.3) is 0 Å². The molecule has 58 valence electrons. The Balaban J connectivity index is 2.58. The van der Waals surface area contributed by atoms with Gasteiger partial charge in [-0.05, 0) is 0 Å². The number of hydrogen-bond donors (Lipinski definition) is 1. The topological polar surface area (TPSA) is 61.5 Å². The predicted molar refractivity (Wildman–Crippen MR) is 38.8 cm³/mol.